The summed E-state index contributed by atoms with van der Waals surface area (Å²) in [6.07, 6.45) is -0.889. The number of hydrogen-bond acceptors (Lipinski definition) is 4. The summed E-state index contributed by atoms with van der Waals surface area (Å²) in [5.41, 5.74) is 3.09. The van der Waals surface area contributed by atoms with Crippen LogP contribution >= 0.6 is 0 Å². The summed E-state index contributed by atoms with van der Waals surface area (Å²) >= 11 is 0. The van der Waals surface area contributed by atoms with Gasteiger partial charge in [0, 0.05) is 28.9 Å². The van der Waals surface area contributed by atoms with Gasteiger partial charge in [-0.25, -0.2) is 0 Å². The van der Waals surface area contributed by atoms with Crippen LogP contribution in [0.25, 0.3) is 10.9 Å². The van der Waals surface area contributed by atoms with E-state index in [9.17, 15) is 14.7 Å². The predicted molar refractivity (Wildman–Crippen MR) is 140 cm³/mol. The standard InChI is InChI=1S/C30H29N3O4/c1-30-28-27(21-13-6-8-14-23(21)31-28)22(20-12-7-9-15-25(20)37-2)16-33(30)26(35)18-32(29(30)36)17-24(34)19-10-4-3-5-11-19/h3-15,22,24,31,34H,16-18H2,1-2H3/t22-,24+,30-/m0/s1. The van der Waals surface area contributed by atoms with Gasteiger partial charge in [0.1, 0.15) is 5.75 Å². The number of carbonyl (C=O) groups excluding carboxylic acids is 2. The number of amides is 2. The maximum Gasteiger partial charge on any atom is 0.255 e. The minimum absolute atomic E-state index is 0.0452. The molecule has 1 aromatic heterocycles. The van der Waals surface area contributed by atoms with Gasteiger partial charge in [-0.3, -0.25) is 9.59 Å². The second kappa shape index (κ2) is 8.78. The monoisotopic (exact) mass is 495 g/mol. The lowest BCUT2D eigenvalue weighted by Gasteiger charge is -2.51. The van der Waals surface area contributed by atoms with Crippen molar-refractivity contribution < 1.29 is 19.4 Å². The molecule has 7 nitrogen and oxygen atoms in total. The first-order chi connectivity index (χ1) is 17.9. The number of aromatic nitrogens is 1. The minimum Gasteiger partial charge on any atom is -0.496 e. The highest BCUT2D eigenvalue weighted by Gasteiger charge is 2.56. The number of nitrogens with one attached hydrogen (secondary N) is 1. The maximum absolute atomic E-state index is 14.2. The van der Waals surface area contributed by atoms with Crippen molar-refractivity contribution in [2.75, 3.05) is 26.7 Å². The van der Waals surface area contributed by atoms with E-state index in [1.54, 1.807) is 12.0 Å². The SMILES string of the molecule is COc1ccccc1[C@@H]1CN2C(=O)CN(C[C@@H](O)c3ccccc3)C(=O)[C@]2(C)c2[nH]c3ccccc3c21. The molecule has 2 aliphatic rings. The number of fused-ring (bicyclic) bond motifs is 5. The summed E-state index contributed by atoms with van der Waals surface area (Å²) in [6.45, 7) is 2.14. The van der Waals surface area contributed by atoms with Gasteiger partial charge in [-0.2, -0.15) is 0 Å². The predicted octanol–water partition coefficient (Wildman–Crippen LogP) is 3.94. The Morgan fingerprint density at radius 1 is 1.03 bits per heavy atom. The summed E-state index contributed by atoms with van der Waals surface area (Å²) < 4.78 is 5.70. The quantitative estimate of drug-likeness (QED) is 0.439. The van der Waals surface area contributed by atoms with Crippen LogP contribution in [-0.4, -0.2) is 58.4 Å². The van der Waals surface area contributed by atoms with E-state index < -0.39 is 11.6 Å². The Bertz CT molecular complexity index is 1500. The number of aliphatic hydroxyl groups is 1. The molecule has 3 aromatic carbocycles. The summed E-state index contributed by atoms with van der Waals surface area (Å²) in [6, 6.07) is 25.1. The number of H-pyrrole nitrogens is 1. The van der Waals surface area contributed by atoms with Gasteiger partial charge in [-0.15, -0.1) is 0 Å². The molecular weight excluding hydrogens is 466 g/mol. The zero-order valence-electron chi connectivity index (χ0n) is 20.8. The van der Waals surface area contributed by atoms with Crippen molar-refractivity contribution in [1.82, 2.24) is 14.8 Å². The van der Waals surface area contributed by atoms with Crippen molar-refractivity contribution in [3.8, 4) is 5.75 Å². The Balaban J connectivity index is 1.48. The normalized spacial score (nSPS) is 22.1. The Labute approximate surface area is 215 Å². The van der Waals surface area contributed by atoms with E-state index in [0.29, 0.717) is 17.8 Å². The van der Waals surface area contributed by atoms with E-state index in [0.717, 1.165) is 27.8 Å². The number of para-hydroxylation sites is 2. The molecule has 0 spiro atoms. The van der Waals surface area contributed by atoms with Gasteiger partial charge < -0.3 is 24.6 Å². The van der Waals surface area contributed by atoms with Crippen LogP contribution in [0.5, 0.6) is 5.75 Å². The summed E-state index contributed by atoms with van der Waals surface area (Å²) in [7, 11) is 1.65. The molecule has 0 unspecified atom stereocenters. The topological polar surface area (TPSA) is 85.9 Å². The molecule has 0 bridgehead atoms. The highest BCUT2D eigenvalue weighted by molar-refractivity contribution is 6.01. The third kappa shape index (κ3) is 3.53. The van der Waals surface area contributed by atoms with Crippen molar-refractivity contribution in [1.29, 1.82) is 0 Å². The van der Waals surface area contributed by atoms with Crippen LogP contribution in [0.3, 0.4) is 0 Å². The Morgan fingerprint density at radius 2 is 1.73 bits per heavy atom. The number of aromatic amines is 1. The largest absolute Gasteiger partial charge is 0.496 e. The van der Waals surface area contributed by atoms with Crippen molar-refractivity contribution in [3.63, 3.8) is 0 Å². The van der Waals surface area contributed by atoms with E-state index in [-0.39, 0.29) is 30.8 Å². The Hall–Kier alpha value is -4.10. The van der Waals surface area contributed by atoms with E-state index in [1.807, 2.05) is 79.7 Å². The number of aliphatic hydroxyl groups excluding tert-OH is 1. The number of carbonyl (C=O) groups is 2. The molecule has 37 heavy (non-hydrogen) atoms. The van der Waals surface area contributed by atoms with Gasteiger partial charge in [0.2, 0.25) is 5.91 Å². The summed E-state index contributed by atoms with van der Waals surface area (Å²) in [4.78, 5) is 34.5. The summed E-state index contributed by atoms with van der Waals surface area (Å²) in [5, 5.41) is 11.9. The molecule has 7 heteroatoms. The number of methoxy groups -OCH3 is 1. The zero-order chi connectivity index (χ0) is 25.7. The van der Waals surface area contributed by atoms with Gasteiger partial charge in [0.15, 0.2) is 5.54 Å². The lowest BCUT2D eigenvalue weighted by atomic mass is 9.76. The average molecular weight is 496 g/mol. The first kappa shape index (κ1) is 23.3. The second-order valence-electron chi connectivity index (χ2n) is 9.94. The highest BCUT2D eigenvalue weighted by Crippen LogP contribution is 2.49. The van der Waals surface area contributed by atoms with Gasteiger partial charge in [-0.05, 0) is 30.2 Å². The molecule has 2 amide bonds. The van der Waals surface area contributed by atoms with E-state index in [4.69, 9.17) is 4.74 Å². The Kier molecular flexibility index (Phi) is 5.53. The number of nitrogens with zero attached hydrogens (tertiary/aromatic N) is 2. The van der Waals surface area contributed by atoms with Crippen LogP contribution in [0.2, 0.25) is 0 Å². The van der Waals surface area contributed by atoms with Crippen LogP contribution < -0.4 is 4.74 Å². The molecule has 188 valence electrons. The lowest BCUT2D eigenvalue weighted by molar-refractivity contribution is -0.167. The van der Waals surface area contributed by atoms with E-state index in [1.165, 1.54) is 4.90 Å². The number of piperazine rings is 1. The molecule has 6 rings (SSSR count). The summed E-state index contributed by atoms with van der Waals surface area (Å²) in [5.74, 6) is 0.226. The van der Waals surface area contributed by atoms with Crippen molar-refractivity contribution in [2.45, 2.75) is 24.5 Å². The molecule has 0 radical (unpaired) electrons. The van der Waals surface area contributed by atoms with Gasteiger partial charge >= 0.3 is 0 Å². The van der Waals surface area contributed by atoms with Crippen molar-refractivity contribution >= 4 is 22.7 Å². The molecule has 3 atom stereocenters. The molecular formula is C30H29N3O4. The number of benzene rings is 3. The van der Waals surface area contributed by atoms with Crippen molar-refractivity contribution in [2.24, 2.45) is 0 Å². The van der Waals surface area contributed by atoms with Crippen LogP contribution in [-0.2, 0) is 15.1 Å². The van der Waals surface area contributed by atoms with Gasteiger partial charge in [0.05, 0.1) is 32.0 Å². The second-order valence-corrected chi connectivity index (χ2v) is 9.94. The first-order valence-corrected chi connectivity index (χ1v) is 12.5. The molecule has 4 aromatic rings. The number of ether oxygens (including phenoxy) is 1. The third-order valence-electron chi connectivity index (χ3n) is 7.91. The van der Waals surface area contributed by atoms with E-state index >= 15 is 0 Å². The number of hydrogen-bond donors (Lipinski definition) is 2. The molecule has 3 heterocycles. The fourth-order valence-corrected chi connectivity index (χ4v) is 6.05. The molecule has 2 aliphatic heterocycles. The maximum atomic E-state index is 14.2. The van der Waals surface area contributed by atoms with Gasteiger partial charge in [0.25, 0.3) is 5.91 Å². The first-order valence-electron chi connectivity index (χ1n) is 12.5. The van der Waals surface area contributed by atoms with E-state index in [2.05, 4.69) is 11.1 Å². The van der Waals surface area contributed by atoms with Crippen LogP contribution in [0.1, 0.15) is 41.3 Å². The average Bonchev–Trinajstić information content (AvgIpc) is 3.33. The molecule has 0 aliphatic carbocycles. The number of β-amino-alcohol motifs (C(OH)–C–C–N with tert-alkyl or cyclic N) is 1. The molecule has 1 fully saturated rings. The van der Waals surface area contributed by atoms with Gasteiger partial charge in [-0.1, -0.05) is 66.7 Å². The third-order valence-corrected chi connectivity index (χ3v) is 7.91. The fraction of sp³-hybridized carbons (Fsp3) is 0.267. The molecule has 2 N–H and O–H groups in total. The van der Waals surface area contributed by atoms with Crippen LogP contribution in [0.15, 0.2) is 78.9 Å². The Morgan fingerprint density at radius 3 is 2.51 bits per heavy atom. The van der Waals surface area contributed by atoms with Crippen molar-refractivity contribution in [3.05, 3.63) is 101 Å². The molecule has 0 saturated carbocycles. The lowest BCUT2D eigenvalue weighted by Crippen LogP contribution is -2.67. The zero-order valence-corrected chi connectivity index (χ0v) is 20.8. The number of rotatable bonds is 5. The smallest absolute Gasteiger partial charge is 0.255 e. The van der Waals surface area contributed by atoms with Crippen LogP contribution in [0, 0.1) is 0 Å². The van der Waals surface area contributed by atoms with Crippen LogP contribution in [0.4, 0.5) is 0 Å². The highest BCUT2D eigenvalue weighted by atomic mass is 16.5. The minimum atomic E-state index is -1.22. The molecule has 1 saturated heterocycles. The fourth-order valence-electron chi connectivity index (χ4n) is 6.05.